The Bertz CT molecular complexity index is 352. The van der Waals surface area contributed by atoms with E-state index in [2.05, 4.69) is 6.92 Å². The number of carbonyl (C=O) groups is 2. The van der Waals surface area contributed by atoms with E-state index in [1.54, 1.807) is 9.80 Å². The molecule has 2 N–H and O–H groups in total. The molecule has 1 rings (SSSR count). The van der Waals surface area contributed by atoms with Gasteiger partial charge in [0.1, 0.15) is 0 Å². The Labute approximate surface area is 126 Å². The quantitative estimate of drug-likeness (QED) is 0.751. The fourth-order valence-corrected chi connectivity index (χ4v) is 2.82. The van der Waals surface area contributed by atoms with Crippen molar-refractivity contribution in [1.82, 2.24) is 9.80 Å². The third-order valence-corrected chi connectivity index (χ3v) is 4.54. The lowest BCUT2D eigenvalue weighted by Crippen LogP contribution is -2.51. The van der Waals surface area contributed by atoms with Crippen LogP contribution in [0, 0.1) is 5.41 Å². The Morgan fingerprint density at radius 2 is 1.81 bits per heavy atom. The van der Waals surface area contributed by atoms with Gasteiger partial charge in [-0.3, -0.25) is 4.79 Å². The molecular weight excluding hydrogens is 272 g/mol. The van der Waals surface area contributed by atoms with Crippen molar-refractivity contribution in [2.24, 2.45) is 5.41 Å². The topological polar surface area (TPSA) is 81.1 Å². The highest BCUT2D eigenvalue weighted by Gasteiger charge is 2.41. The van der Waals surface area contributed by atoms with Crippen molar-refractivity contribution in [2.45, 2.75) is 46.0 Å². The Kier molecular flexibility index (Phi) is 6.95. The zero-order valence-electron chi connectivity index (χ0n) is 13.2. The van der Waals surface area contributed by atoms with Gasteiger partial charge in [-0.2, -0.15) is 0 Å². The molecule has 6 heteroatoms. The summed E-state index contributed by atoms with van der Waals surface area (Å²) in [6, 6.07) is -0.0763. The van der Waals surface area contributed by atoms with Gasteiger partial charge in [-0.15, -0.1) is 0 Å². The van der Waals surface area contributed by atoms with Crippen molar-refractivity contribution in [2.75, 3.05) is 32.8 Å². The van der Waals surface area contributed by atoms with Crippen LogP contribution in [0.2, 0.25) is 0 Å². The van der Waals surface area contributed by atoms with Crippen molar-refractivity contribution in [3.8, 4) is 0 Å². The zero-order chi connectivity index (χ0) is 15.9. The van der Waals surface area contributed by atoms with E-state index in [-0.39, 0.29) is 12.6 Å². The van der Waals surface area contributed by atoms with Crippen LogP contribution in [0.1, 0.15) is 46.0 Å². The third kappa shape index (κ3) is 4.33. The van der Waals surface area contributed by atoms with E-state index >= 15 is 0 Å². The average Bonchev–Trinajstić information content (AvgIpc) is 2.50. The van der Waals surface area contributed by atoms with Crippen molar-refractivity contribution in [3.05, 3.63) is 0 Å². The number of likely N-dealkylation sites (tertiary alicyclic amines) is 1. The second-order valence-electron chi connectivity index (χ2n) is 5.77. The molecule has 1 aliphatic rings. The summed E-state index contributed by atoms with van der Waals surface area (Å²) in [5.41, 5.74) is -0.679. The van der Waals surface area contributed by atoms with E-state index < -0.39 is 11.4 Å². The van der Waals surface area contributed by atoms with Gasteiger partial charge in [0.25, 0.3) is 0 Å². The Balaban J connectivity index is 2.62. The lowest BCUT2D eigenvalue weighted by molar-refractivity contribution is -0.152. The molecule has 0 aromatic rings. The number of hydrogen-bond acceptors (Lipinski definition) is 3. The van der Waals surface area contributed by atoms with Crippen LogP contribution in [-0.2, 0) is 4.79 Å². The predicted molar refractivity (Wildman–Crippen MR) is 80.1 cm³/mol. The molecule has 0 aromatic carbocycles. The van der Waals surface area contributed by atoms with E-state index in [0.717, 1.165) is 12.8 Å². The number of hydrogen-bond donors (Lipinski definition) is 2. The Morgan fingerprint density at radius 1 is 1.19 bits per heavy atom. The molecule has 0 saturated carbocycles. The molecule has 0 aromatic heterocycles. The number of rotatable bonds is 7. The summed E-state index contributed by atoms with van der Waals surface area (Å²) in [4.78, 5) is 27.3. The summed E-state index contributed by atoms with van der Waals surface area (Å²) in [5, 5.41) is 18.5. The molecule has 0 spiro atoms. The molecule has 21 heavy (non-hydrogen) atoms. The SMILES string of the molecule is CCCCN(CCO)C(=O)N1CCC(CC)(C(=O)O)CC1. The van der Waals surface area contributed by atoms with E-state index in [1.807, 2.05) is 6.92 Å². The van der Waals surface area contributed by atoms with Crippen LogP contribution in [0.4, 0.5) is 4.79 Å². The van der Waals surface area contributed by atoms with E-state index in [1.165, 1.54) is 0 Å². The fraction of sp³-hybridized carbons (Fsp3) is 0.867. The number of nitrogens with zero attached hydrogens (tertiary/aromatic N) is 2. The number of amides is 2. The molecule has 1 aliphatic heterocycles. The summed E-state index contributed by atoms with van der Waals surface area (Å²) in [5.74, 6) is -0.754. The van der Waals surface area contributed by atoms with Crippen molar-refractivity contribution >= 4 is 12.0 Å². The van der Waals surface area contributed by atoms with Crippen molar-refractivity contribution in [1.29, 1.82) is 0 Å². The number of aliphatic hydroxyl groups is 1. The third-order valence-electron chi connectivity index (χ3n) is 4.54. The van der Waals surface area contributed by atoms with Gasteiger partial charge in [0.2, 0.25) is 0 Å². The summed E-state index contributed by atoms with van der Waals surface area (Å²) in [6.45, 7) is 5.85. The normalized spacial score (nSPS) is 17.6. The molecule has 122 valence electrons. The van der Waals surface area contributed by atoms with Gasteiger partial charge >= 0.3 is 12.0 Å². The average molecular weight is 300 g/mol. The number of aliphatic carboxylic acids is 1. The lowest BCUT2D eigenvalue weighted by atomic mass is 9.76. The van der Waals surface area contributed by atoms with Gasteiger partial charge in [-0.05, 0) is 25.7 Å². The van der Waals surface area contributed by atoms with Crippen LogP contribution in [-0.4, -0.2) is 64.8 Å². The van der Waals surface area contributed by atoms with E-state index in [0.29, 0.717) is 45.4 Å². The minimum Gasteiger partial charge on any atom is -0.481 e. The van der Waals surface area contributed by atoms with Crippen LogP contribution >= 0.6 is 0 Å². The second kappa shape index (κ2) is 8.22. The maximum Gasteiger partial charge on any atom is 0.320 e. The summed E-state index contributed by atoms with van der Waals surface area (Å²) >= 11 is 0. The van der Waals surface area contributed by atoms with Gasteiger partial charge in [-0.25, -0.2) is 4.79 Å². The minimum absolute atomic E-state index is 0.0443. The van der Waals surface area contributed by atoms with Gasteiger partial charge in [-0.1, -0.05) is 20.3 Å². The van der Waals surface area contributed by atoms with Crippen molar-refractivity contribution < 1.29 is 19.8 Å². The molecule has 2 amide bonds. The molecular formula is C15H28N2O4. The first-order valence-corrected chi connectivity index (χ1v) is 7.89. The van der Waals surface area contributed by atoms with Gasteiger partial charge < -0.3 is 20.0 Å². The van der Waals surface area contributed by atoms with Gasteiger partial charge in [0, 0.05) is 26.2 Å². The molecule has 0 aliphatic carbocycles. The molecule has 1 fully saturated rings. The van der Waals surface area contributed by atoms with Crippen LogP contribution in [0.15, 0.2) is 0 Å². The fourth-order valence-electron chi connectivity index (χ4n) is 2.82. The molecule has 1 heterocycles. The molecule has 0 atom stereocenters. The highest BCUT2D eigenvalue weighted by molar-refractivity contribution is 5.77. The first kappa shape index (κ1) is 17.8. The highest BCUT2D eigenvalue weighted by atomic mass is 16.4. The standard InChI is InChI=1S/C15H28N2O4/c1-3-5-8-16(11-12-18)14(21)17-9-6-15(4-2,7-10-17)13(19)20/h18H,3-12H2,1-2H3,(H,19,20). The van der Waals surface area contributed by atoms with Crippen LogP contribution in [0.25, 0.3) is 0 Å². The number of urea groups is 1. The first-order valence-electron chi connectivity index (χ1n) is 7.89. The maximum atomic E-state index is 12.5. The number of unbranched alkanes of at least 4 members (excludes halogenated alkanes) is 1. The number of carboxylic acids is 1. The largest absolute Gasteiger partial charge is 0.481 e. The minimum atomic E-state index is -0.754. The lowest BCUT2D eigenvalue weighted by Gasteiger charge is -2.40. The monoisotopic (exact) mass is 300 g/mol. The molecule has 6 nitrogen and oxygen atoms in total. The Morgan fingerprint density at radius 3 is 2.24 bits per heavy atom. The highest BCUT2D eigenvalue weighted by Crippen LogP contribution is 2.35. The molecule has 0 radical (unpaired) electrons. The smallest absolute Gasteiger partial charge is 0.320 e. The van der Waals surface area contributed by atoms with Gasteiger partial charge in [0.05, 0.1) is 12.0 Å². The Hall–Kier alpha value is -1.30. The second-order valence-corrected chi connectivity index (χ2v) is 5.77. The predicted octanol–water partition coefficient (Wildman–Crippen LogP) is 1.78. The number of carboxylic acid groups (broad SMARTS) is 1. The summed E-state index contributed by atoms with van der Waals surface area (Å²) in [6.07, 6.45) is 3.51. The van der Waals surface area contributed by atoms with Crippen molar-refractivity contribution in [3.63, 3.8) is 0 Å². The van der Waals surface area contributed by atoms with Gasteiger partial charge in [0.15, 0.2) is 0 Å². The van der Waals surface area contributed by atoms with Crippen LogP contribution in [0.3, 0.4) is 0 Å². The summed E-state index contributed by atoms with van der Waals surface area (Å²) < 4.78 is 0. The van der Waals surface area contributed by atoms with Crippen LogP contribution in [0.5, 0.6) is 0 Å². The summed E-state index contributed by atoms with van der Waals surface area (Å²) in [7, 11) is 0. The molecule has 1 saturated heterocycles. The molecule has 0 bridgehead atoms. The van der Waals surface area contributed by atoms with E-state index in [4.69, 9.17) is 5.11 Å². The number of piperidine rings is 1. The van der Waals surface area contributed by atoms with Crippen LogP contribution < -0.4 is 0 Å². The maximum absolute atomic E-state index is 12.5. The number of aliphatic hydroxyl groups excluding tert-OH is 1. The molecule has 0 unspecified atom stereocenters. The zero-order valence-corrected chi connectivity index (χ0v) is 13.2. The first-order chi connectivity index (χ1) is 10.0. The van der Waals surface area contributed by atoms with E-state index in [9.17, 15) is 14.7 Å². The number of carbonyl (C=O) groups excluding carboxylic acids is 1.